The third kappa shape index (κ3) is 4.21. The SMILES string of the molecule is CC(=O)c1ccc(NC(=O)CC2N=C(N3CCOCC3)NC2=O)cc1. The van der Waals surface area contributed by atoms with Crippen LogP contribution in [-0.4, -0.2) is 60.8 Å². The van der Waals surface area contributed by atoms with E-state index in [1.165, 1.54) is 6.92 Å². The largest absolute Gasteiger partial charge is 0.378 e. The van der Waals surface area contributed by atoms with Crippen LogP contribution < -0.4 is 10.6 Å². The molecular weight excluding hydrogens is 324 g/mol. The van der Waals surface area contributed by atoms with Crippen LogP contribution >= 0.6 is 0 Å². The Morgan fingerprint density at radius 3 is 2.60 bits per heavy atom. The summed E-state index contributed by atoms with van der Waals surface area (Å²) in [4.78, 5) is 41.7. The van der Waals surface area contributed by atoms with E-state index < -0.39 is 6.04 Å². The van der Waals surface area contributed by atoms with Gasteiger partial charge in [0.15, 0.2) is 5.78 Å². The minimum absolute atomic E-state index is 0.0336. The van der Waals surface area contributed by atoms with Gasteiger partial charge in [0.25, 0.3) is 5.91 Å². The zero-order valence-electron chi connectivity index (χ0n) is 13.9. The maximum atomic E-state index is 12.2. The second-order valence-electron chi connectivity index (χ2n) is 5.94. The number of nitrogens with zero attached hydrogens (tertiary/aromatic N) is 2. The number of carbonyl (C=O) groups is 3. The molecule has 132 valence electrons. The second-order valence-corrected chi connectivity index (χ2v) is 5.94. The standard InChI is InChI=1S/C17H20N4O4/c1-11(22)12-2-4-13(5-3-12)18-15(23)10-14-16(24)20-17(19-14)21-6-8-25-9-7-21/h2-5,14H,6-10H2,1H3,(H,18,23)(H,19,20,24). The Balaban J connectivity index is 1.57. The molecule has 1 unspecified atom stereocenters. The molecule has 2 N–H and O–H groups in total. The molecule has 1 fully saturated rings. The van der Waals surface area contributed by atoms with E-state index >= 15 is 0 Å². The summed E-state index contributed by atoms with van der Waals surface area (Å²) in [5, 5.41) is 5.44. The van der Waals surface area contributed by atoms with Gasteiger partial charge >= 0.3 is 0 Å². The molecule has 0 radical (unpaired) electrons. The summed E-state index contributed by atoms with van der Waals surface area (Å²) in [6.45, 7) is 4.00. The fraction of sp³-hybridized carbons (Fsp3) is 0.412. The first-order chi connectivity index (χ1) is 12.0. The van der Waals surface area contributed by atoms with Gasteiger partial charge in [0.2, 0.25) is 11.9 Å². The number of ether oxygens (including phenoxy) is 1. The van der Waals surface area contributed by atoms with Crippen LogP contribution in [0.2, 0.25) is 0 Å². The van der Waals surface area contributed by atoms with Crippen LogP contribution in [0.5, 0.6) is 0 Å². The molecular formula is C17H20N4O4. The number of morpholine rings is 1. The first-order valence-corrected chi connectivity index (χ1v) is 8.15. The van der Waals surface area contributed by atoms with Crippen molar-refractivity contribution in [3.63, 3.8) is 0 Å². The van der Waals surface area contributed by atoms with E-state index in [9.17, 15) is 14.4 Å². The molecule has 1 aromatic rings. The van der Waals surface area contributed by atoms with Gasteiger partial charge in [-0.25, -0.2) is 4.99 Å². The summed E-state index contributed by atoms with van der Waals surface area (Å²) in [6.07, 6.45) is -0.0336. The normalized spacial score (nSPS) is 20.0. The smallest absolute Gasteiger partial charge is 0.252 e. The van der Waals surface area contributed by atoms with Gasteiger partial charge < -0.3 is 15.0 Å². The monoisotopic (exact) mass is 344 g/mol. The topological polar surface area (TPSA) is 100 Å². The Morgan fingerprint density at radius 2 is 1.96 bits per heavy atom. The zero-order chi connectivity index (χ0) is 17.8. The molecule has 1 saturated heterocycles. The fourth-order valence-corrected chi connectivity index (χ4v) is 2.68. The number of aliphatic imine (C=N–C) groups is 1. The molecule has 25 heavy (non-hydrogen) atoms. The minimum Gasteiger partial charge on any atom is -0.378 e. The van der Waals surface area contributed by atoms with E-state index in [4.69, 9.17) is 4.74 Å². The number of Topliss-reactive ketones (excluding diaryl/α,β-unsaturated/α-hetero) is 1. The molecule has 0 aromatic heterocycles. The van der Waals surface area contributed by atoms with Crippen LogP contribution in [0.15, 0.2) is 29.3 Å². The summed E-state index contributed by atoms with van der Waals surface area (Å²) >= 11 is 0. The predicted molar refractivity (Wildman–Crippen MR) is 91.5 cm³/mol. The molecule has 2 heterocycles. The highest BCUT2D eigenvalue weighted by Gasteiger charge is 2.31. The summed E-state index contributed by atoms with van der Waals surface area (Å²) in [5.41, 5.74) is 1.15. The van der Waals surface area contributed by atoms with Gasteiger partial charge in [-0.15, -0.1) is 0 Å². The van der Waals surface area contributed by atoms with Crippen molar-refractivity contribution in [2.45, 2.75) is 19.4 Å². The van der Waals surface area contributed by atoms with Crippen LogP contribution in [0.4, 0.5) is 5.69 Å². The van der Waals surface area contributed by atoms with Crippen molar-refractivity contribution in [3.8, 4) is 0 Å². The van der Waals surface area contributed by atoms with Crippen molar-refractivity contribution in [2.24, 2.45) is 4.99 Å². The Bertz CT molecular complexity index is 708. The molecule has 8 nitrogen and oxygen atoms in total. The fourth-order valence-electron chi connectivity index (χ4n) is 2.68. The highest BCUT2D eigenvalue weighted by Crippen LogP contribution is 2.13. The number of nitrogens with one attached hydrogen (secondary N) is 2. The second kappa shape index (κ2) is 7.43. The van der Waals surface area contributed by atoms with Gasteiger partial charge in [0, 0.05) is 24.3 Å². The van der Waals surface area contributed by atoms with Crippen molar-refractivity contribution in [2.75, 3.05) is 31.6 Å². The van der Waals surface area contributed by atoms with Crippen molar-refractivity contribution in [1.29, 1.82) is 0 Å². The number of rotatable bonds is 4. The van der Waals surface area contributed by atoms with E-state index in [-0.39, 0.29) is 24.0 Å². The van der Waals surface area contributed by atoms with Gasteiger partial charge in [-0.2, -0.15) is 0 Å². The maximum Gasteiger partial charge on any atom is 0.252 e. The first kappa shape index (κ1) is 17.1. The molecule has 1 aromatic carbocycles. The molecule has 2 aliphatic heterocycles. The van der Waals surface area contributed by atoms with Gasteiger partial charge in [-0.3, -0.25) is 19.7 Å². The first-order valence-electron chi connectivity index (χ1n) is 8.15. The molecule has 8 heteroatoms. The lowest BCUT2D eigenvalue weighted by Gasteiger charge is -2.27. The number of hydrogen-bond donors (Lipinski definition) is 2. The molecule has 1 atom stereocenters. The molecule has 3 rings (SSSR count). The van der Waals surface area contributed by atoms with Crippen molar-refractivity contribution >= 4 is 29.2 Å². The highest BCUT2D eigenvalue weighted by molar-refractivity contribution is 6.07. The molecule has 2 amide bonds. The van der Waals surface area contributed by atoms with E-state index in [2.05, 4.69) is 15.6 Å². The average Bonchev–Trinajstić information content (AvgIpc) is 2.97. The van der Waals surface area contributed by atoms with Gasteiger partial charge in [-0.05, 0) is 31.2 Å². The number of hydrogen-bond acceptors (Lipinski definition) is 6. The lowest BCUT2D eigenvalue weighted by Crippen LogP contribution is -2.46. The van der Waals surface area contributed by atoms with Gasteiger partial charge in [0.05, 0.1) is 19.6 Å². The number of guanidine groups is 1. The van der Waals surface area contributed by atoms with E-state index in [1.807, 2.05) is 4.90 Å². The van der Waals surface area contributed by atoms with E-state index in [0.29, 0.717) is 43.5 Å². The summed E-state index contributed by atoms with van der Waals surface area (Å²) in [7, 11) is 0. The van der Waals surface area contributed by atoms with Crippen LogP contribution in [0.25, 0.3) is 0 Å². The quantitative estimate of drug-likeness (QED) is 0.771. The van der Waals surface area contributed by atoms with Crippen molar-refractivity contribution in [1.82, 2.24) is 10.2 Å². The van der Waals surface area contributed by atoms with E-state index in [0.717, 1.165) is 0 Å². The average molecular weight is 344 g/mol. The number of anilines is 1. The van der Waals surface area contributed by atoms with Crippen LogP contribution in [-0.2, 0) is 14.3 Å². The number of ketones is 1. The Hall–Kier alpha value is -2.74. The number of amides is 2. The van der Waals surface area contributed by atoms with Gasteiger partial charge in [0.1, 0.15) is 6.04 Å². The minimum atomic E-state index is -0.727. The van der Waals surface area contributed by atoms with Crippen molar-refractivity contribution < 1.29 is 19.1 Å². The van der Waals surface area contributed by atoms with E-state index in [1.54, 1.807) is 24.3 Å². The van der Waals surface area contributed by atoms with Crippen LogP contribution in [0, 0.1) is 0 Å². The molecule has 0 aliphatic carbocycles. The number of benzene rings is 1. The third-order valence-corrected chi connectivity index (χ3v) is 4.08. The molecule has 0 saturated carbocycles. The summed E-state index contributed by atoms with van der Waals surface area (Å²) in [6, 6.07) is 5.89. The molecule has 0 spiro atoms. The van der Waals surface area contributed by atoms with Crippen LogP contribution in [0.1, 0.15) is 23.7 Å². The Labute approximate surface area is 145 Å². The number of carbonyl (C=O) groups excluding carboxylic acids is 3. The van der Waals surface area contributed by atoms with Gasteiger partial charge in [-0.1, -0.05) is 0 Å². The predicted octanol–water partition coefficient (Wildman–Crippen LogP) is 0.404. The maximum absolute atomic E-state index is 12.2. The lowest BCUT2D eigenvalue weighted by molar-refractivity contribution is -0.124. The van der Waals surface area contributed by atoms with Crippen LogP contribution in [0.3, 0.4) is 0 Å². The Morgan fingerprint density at radius 1 is 1.28 bits per heavy atom. The third-order valence-electron chi connectivity index (χ3n) is 4.08. The lowest BCUT2D eigenvalue weighted by atomic mass is 10.1. The Kier molecular flexibility index (Phi) is 5.08. The summed E-state index contributed by atoms with van der Waals surface area (Å²) < 4.78 is 5.27. The van der Waals surface area contributed by atoms with Crippen molar-refractivity contribution in [3.05, 3.63) is 29.8 Å². The highest BCUT2D eigenvalue weighted by atomic mass is 16.5. The molecule has 0 bridgehead atoms. The molecule has 2 aliphatic rings. The zero-order valence-corrected chi connectivity index (χ0v) is 13.9. The summed E-state index contributed by atoms with van der Waals surface area (Å²) in [5.74, 6) is -0.103.